The van der Waals surface area contributed by atoms with Crippen LogP contribution in [0.5, 0.6) is 0 Å². The Morgan fingerprint density at radius 1 is 0.875 bits per heavy atom. The van der Waals surface area contributed by atoms with E-state index < -0.39 is 17.4 Å². The van der Waals surface area contributed by atoms with E-state index in [4.69, 9.17) is 0 Å². The molecule has 0 aliphatic heterocycles. The molecule has 0 heterocycles. The van der Waals surface area contributed by atoms with Gasteiger partial charge in [0.2, 0.25) is 0 Å². The van der Waals surface area contributed by atoms with Crippen LogP contribution in [0.3, 0.4) is 0 Å². The summed E-state index contributed by atoms with van der Waals surface area (Å²) < 4.78 is 5.33. The number of benzene rings is 2. The zero-order chi connectivity index (χ0) is 21.4. The van der Waals surface area contributed by atoms with Gasteiger partial charge < -0.3 is 24.8 Å². The van der Waals surface area contributed by atoms with Gasteiger partial charge in [-0.1, -0.05) is 0 Å². The molecule has 0 spiro atoms. The molecule has 2 aliphatic carbocycles. The van der Waals surface area contributed by atoms with Gasteiger partial charge in [0.05, 0.1) is 0 Å². The quantitative estimate of drug-likeness (QED) is 0.449. The number of rotatable bonds is 6. The number of hydrogen-bond donors (Lipinski definition) is 0. The predicted molar refractivity (Wildman–Crippen MR) is 130 cm³/mol. The Morgan fingerprint density at radius 3 is 2.09 bits per heavy atom. The summed E-state index contributed by atoms with van der Waals surface area (Å²) in [5, 5.41) is 0. The maximum Gasteiger partial charge on any atom is -1.00 e. The molecule has 0 atom stereocenters. The molecule has 0 saturated carbocycles. The van der Waals surface area contributed by atoms with E-state index in [9.17, 15) is 0 Å². The van der Waals surface area contributed by atoms with E-state index in [1.165, 1.54) is 47.1 Å². The first kappa shape index (κ1) is 27.3. The predicted octanol–water partition coefficient (Wildman–Crippen LogP) is 1.59. The average molecular weight is 503 g/mol. The maximum atomic E-state index is 2.62. The third-order valence-electron chi connectivity index (χ3n) is 6.97. The number of hydrogen-bond acceptors (Lipinski definition) is 0. The van der Waals surface area contributed by atoms with Crippen LogP contribution < -0.4 is 28.7 Å². The molecule has 0 fully saturated rings. The standard InChI is InChI=1S/C19H21.C5H5.C5H10.2ClH.Ti/c1-12(2)14-5-7-16-9-17-8-6-15(13(3)4)11-19(17)18(16)10-14;1-2-4-5-3-1;1-3-5-4-2;;;/h5-7,10-13H,9H2,1-4H3;1-3H,4H2;3-4H2,1-2H3;2*1H;/q;;;;;+2/p-2. The molecule has 32 heavy (non-hydrogen) atoms. The molecule has 170 valence electrons. The third-order valence-corrected chi connectivity index (χ3v) is 12.3. The fourth-order valence-corrected chi connectivity index (χ4v) is 10.2. The molecule has 0 unspecified atom stereocenters. The van der Waals surface area contributed by atoms with Crippen LogP contribution in [0.1, 0.15) is 94.9 Å². The zero-order valence-corrected chi connectivity index (χ0v) is 23.4. The first-order valence-electron chi connectivity index (χ1n) is 11.8. The fraction of sp³-hybridized carbons (Fsp3) is 0.414. The molecule has 2 aromatic rings. The van der Waals surface area contributed by atoms with Crippen molar-refractivity contribution in [2.24, 2.45) is 0 Å². The summed E-state index contributed by atoms with van der Waals surface area (Å²) >= 11 is -1.68. The minimum absolute atomic E-state index is 0. The first-order chi connectivity index (χ1) is 14.4. The molecule has 2 aromatic carbocycles. The second-order valence-electron chi connectivity index (χ2n) is 9.51. The van der Waals surface area contributed by atoms with E-state index in [1.54, 1.807) is 13.3 Å². The molecule has 4 rings (SSSR count). The minimum atomic E-state index is -1.68. The molecule has 0 aromatic heterocycles. The van der Waals surface area contributed by atoms with Crippen LogP contribution in [0.2, 0.25) is 0 Å². The van der Waals surface area contributed by atoms with Gasteiger partial charge in [-0.05, 0) is 0 Å². The molecule has 0 radical (unpaired) electrons. The van der Waals surface area contributed by atoms with Crippen LogP contribution in [0, 0.1) is 0 Å². The summed E-state index contributed by atoms with van der Waals surface area (Å²) in [6.07, 6.45) is 11.9. The van der Waals surface area contributed by atoms with Gasteiger partial charge in [0, 0.05) is 0 Å². The van der Waals surface area contributed by atoms with Crippen LogP contribution in [-0.2, 0) is 23.8 Å². The maximum absolute atomic E-state index is 2.62. The fourth-order valence-electron chi connectivity index (χ4n) is 5.06. The Kier molecular flexibility index (Phi) is 9.80. The molecule has 0 N–H and O–H groups in total. The molecule has 3 heteroatoms. The van der Waals surface area contributed by atoms with Crippen LogP contribution in [0.15, 0.2) is 52.4 Å². The van der Waals surface area contributed by atoms with Crippen molar-refractivity contribution in [3.63, 3.8) is 0 Å². The molecular weight excluding hydrogens is 467 g/mol. The minimum Gasteiger partial charge on any atom is -1.00 e. The van der Waals surface area contributed by atoms with Crippen molar-refractivity contribution in [3.8, 4) is 11.1 Å². The summed E-state index contributed by atoms with van der Waals surface area (Å²) in [4.78, 5) is 0. The van der Waals surface area contributed by atoms with Gasteiger partial charge in [-0.25, -0.2) is 0 Å². The Balaban J connectivity index is 0.00000181. The first-order valence-corrected chi connectivity index (χ1v) is 14.2. The SMILES string of the molecule is CC[C](CC)=[Ti+2]([C]1=CC=CC1)[c]1cc(C(C)C)cc2c1Cc1ccc(C(C)C)cc1-2.[Cl-].[Cl-]. The summed E-state index contributed by atoms with van der Waals surface area (Å²) in [5.74, 6) is 1.14. The summed E-state index contributed by atoms with van der Waals surface area (Å²) in [5.41, 5.74) is 9.21. The topological polar surface area (TPSA) is 0 Å². The number of halogens is 2. The van der Waals surface area contributed by atoms with Crippen LogP contribution in [0.4, 0.5) is 0 Å². The Morgan fingerprint density at radius 2 is 1.53 bits per heavy atom. The van der Waals surface area contributed by atoms with Gasteiger partial charge in [-0.3, -0.25) is 0 Å². The zero-order valence-electron chi connectivity index (χ0n) is 20.4. The van der Waals surface area contributed by atoms with Gasteiger partial charge >= 0.3 is 190 Å². The summed E-state index contributed by atoms with van der Waals surface area (Å²) in [6.45, 7) is 14.1. The number of fused-ring (bicyclic) bond motifs is 3. The van der Waals surface area contributed by atoms with Crippen LogP contribution >= 0.6 is 0 Å². The van der Waals surface area contributed by atoms with Crippen LogP contribution in [0.25, 0.3) is 11.1 Å². The summed E-state index contributed by atoms with van der Waals surface area (Å²) in [6, 6.07) is 12.4. The van der Waals surface area contributed by atoms with E-state index in [-0.39, 0.29) is 24.8 Å². The van der Waals surface area contributed by atoms with Gasteiger partial charge in [0.15, 0.2) is 0 Å². The Bertz CT molecular complexity index is 1060. The van der Waals surface area contributed by atoms with Crippen molar-refractivity contribution >= 4 is 7.68 Å². The smallest absolute Gasteiger partial charge is 1.00 e. The van der Waals surface area contributed by atoms with Crippen molar-refractivity contribution < 1.29 is 42.2 Å². The molecule has 0 saturated heterocycles. The molecule has 0 bridgehead atoms. The Hall–Kier alpha value is -0.916. The van der Waals surface area contributed by atoms with Crippen molar-refractivity contribution in [1.82, 2.24) is 0 Å². The van der Waals surface area contributed by atoms with E-state index in [1.807, 2.05) is 3.81 Å². The van der Waals surface area contributed by atoms with E-state index in [0.717, 1.165) is 6.42 Å². The second-order valence-corrected chi connectivity index (χ2v) is 13.6. The second kappa shape index (κ2) is 11.5. The van der Waals surface area contributed by atoms with Gasteiger partial charge in [0.1, 0.15) is 0 Å². The molecule has 2 aliphatic rings. The van der Waals surface area contributed by atoms with Gasteiger partial charge in [-0.15, -0.1) is 0 Å². The van der Waals surface area contributed by atoms with Crippen molar-refractivity contribution in [2.45, 2.75) is 79.1 Å². The Labute approximate surface area is 213 Å². The average Bonchev–Trinajstić information content (AvgIpc) is 3.38. The molecular formula is C29H36Cl2Ti. The van der Waals surface area contributed by atoms with Crippen LogP contribution in [-0.4, -0.2) is 3.81 Å². The normalized spacial score (nSPS) is 13.2. The third kappa shape index (κ3) is 5.10. The van der Waals surface area contributed by atoms with E-state index in [0.29, 0.717) is 11.8 Å². The molecule has 0 nitrogen and oxygen atoms in total. The van der Waals surface area contributed by atoms with Gasteiger partial charge in [-0.2, -0.15) is 0 Å². The van der Waals surface area contributed by atoms with E-state index in [2.05, 4.69) is 90.1 Å². The van der Waals surface area contributed by atoms with E-state index >= 15 is 0 Å². The molecule has 0 amide bonds. The monoisotopic (exact) mass is 502 g/mol. The summed E-state index contributed by atoms with van der Waals surface area (Å²) in [7, 11) is 0. The van der Waals surface area contributed by atoms with Gasteiger partial charge in [0.25, 0.3) is 0 Å². The number of allylic oxidation sites excluding steroid dienone is 4. The largest absolute Gasteiger partial charge is 1.00 e. The van der Waals surface area contributed by atoms with Crippen molar-refractivity contribution in [3.05, 3.63) is 74.7 Å². The van der Waals surface area contributed by atoms with Crippen molar-refractivity contribution in [1.29, 1.82) is 0 Å². The van der Waals surface area contributed by atoms with Crippen molar-refractivity contribution in [2.75, 3.05) is 0 Å².